The maximum atomic E-state index is 8.86. The molecular formula is C7H11BClNO2. The Kier molecular flexibility index (Phi) is 4.24. The first-order valence-electron chi connectivity index (χ1n) is 3.40. The van der Waals surface area contributed by atoms with Crippen LogP contribution in [0.2, 0.25) is 0 Å². The van der Waals surface area contributed by atoms with Crippen LogP contribution in [0.5, 0.6) is 0 Å². The highest BCUT2D eigenvalue weighted by Gasteiger charge is 2.13. The summed E-state index contributed by atoms with van der Waals surface area (Å²) in [5.74, 6) is 0. The molecule has 1 rings (SSSR count). The van der Waals surface area contributed by atoms with E-state index in [1.54, 1.807) is 19.2 Å². The summed E-state index contributed by atoms with van der Waals surface area (Å²) in [6.45, 7) is 3.60. The highest BCUT2D eigenvalue weighted by atomic mass is 35.5. The van der Waals surface area contributed by atoms with Crippen LogP contribution in [0.15, 0.2) is 12.3 Å². The highest BCUT2D eigenvalue weighted by Crippen LogP contribution is 1.94. The third-order valence-corrected chi connectivity index (χ3v) is 1.56. The van der Waals surface area contributed by atoms with Crippen molar-refractivity contribution in [2.45, 2.75) is 13.8 Å². The Morgan fingerprint density at radius 2 is 1.92 bits per heavy atom. The number of aryl methyl sites for hydroxylation is 2. The van der Waals surface area contributed by atoms with Crippen LogP contribution in [-0.2, 0) is 0 Å². The molecule has 0 unspecified atom stereocenters. The first kappa shape index (κ1) is 11.4. The molecule has 0 aliphatic heterocycles. The zero-order valence-electron chi connectivity index (χ0n) is 6.98. The third kappa shape index (κ3) is 2.48. The molecule has 3 nitrogen and oxygen atoms in total. The minimum absolute atomic E-state index is 0. The zero-order valence-corrected chi connectivity index (χ0v) is 7.80. The average molecular weight is 187 g/mol. The molecule has 0 fully saturated rings. The van der Waals surface area contributed by atoms with Crippen LogP contribution < -0.4 is 5.46 Å². The summed E-state index contributed by atoms with van der Waals surface area (Å²) in [6, 6.07) is 1.67. The molecule has 5 heteroatoms. The highest BCUT2D eigenvalue weighted by molar-refractivity contribution is 6.59. The molecule has 0 amide bonds. The van der Waals surface area contributed by atoms with Gasteiger partial charge in [-0.3, -0.25) is 4.98 Å². The van der Waals surface area contributed by atoms with Gasteiger partial charge in [0.05, 0.1) is 0 Å². The summed E-state index contributed by atoms with van der Waals surface area (Å²) in [5.41, 5.74) is 2.11. The zero-order chi connectivity index (χ0) is 8.43. The van der Waals surface area contributed by atoms with E-state index < -0.39 is 7.12 Å². The Morgan fingerprint density at radius 1 is 1.33 bits per heavy atom. The molecule has 0 aliphatic rings. The normalized spacial score (nSPS) is 9.00. The third-order valence-electron chi connectivity index (χ3n) is 1.56. The van der Waals surface area contributed by atoms with Gasteiger partial charge in [0, 0.05) is 11.9 Å². The summed E-state index contributed by atoms with van der Waals surface area (Å²) >= 11 is 0. The van der Waals surface area contributed by atoms with E-state index in [-0.39, 0.29) is 12.4 Å². The van der Waals surface area contributed by atoms with Crippen molar-refractivity contribution in [1.29, 1.82) is 0 Å². The van der Waals surface area contributed by atoms with Crippen LogP contribution in [-0.4, -0.2) is 22.2 Å². The van der Waals surface area contributed by atoms with E-state index in [0.29, 0.717) is 5.46 Å². The number of halogens is 1. The van der Waals surface area contributed by atoms with Gasteiger partial charge in [-0.2, -0.15) is 0 Å². The van der Waals surface area contributed by atoms with Crippen LogP contribution in [0.25, 0.3) is 0 Å². The number of nitrogens with zero attached hydrogens (tertiary/aromatic N) is 1. The Morgan fingerprint density at radius 3 is 2.33 bits per heavy atom. The van der Waals surface area contributed by atoms with Gasteiger partial charge in [-0.1, -0.05) is 0 Å². The van der Waals surface area contributed by atoms with Gasteiger partial charge in [-0.25, -0.2) is 0 Å². The summed E-state index contributed by atoms with van der Waals surface area (Å²) in [4.78, 5) is 4.00. The van der Waals surface area contributed by atoms with Crippen molar-refractivity contribution in [3.63, 3.8) is 0 Å². The summed E-state index contributed by atoms with van der Waals surface area (Å²) in [7, 11) is -1.39. The van der Waals surface area contributed by atoms with E-state index in [1.807, 2.05) is 6.92 Å². The van der Waals surface area contributed by atoms with Crippen molar-refractivity contribution in [3.8, 4) is 0 Å². The van der Waals surface area contributed by atoms with Crippen molar-refractivity contribution in [2.24, 2.45) is 0 Å². The van der Waals surface area contributed by atoms with Gasteiger partial charge in [0.2, 0.25) is 0 Å². The van der Waals surface area contributed by atoms with E-state index >= 15 is 0 Å². The van der Waals surface area contributed by atoms with Crippen molar-refractivity contribution < 1.29 is 10.0 Å². The van der Waals surface area contributed by atoms with Crippen molar-refractivity contribution in [3.05, 3.63) is 23.5 Å². The number of aromatic nitrogens is 1. The van der Waals surface area contributed by atoms with Gasteiger partial charge in [0.25, 0.3) is 0 Å². The first-order valence-corrected chi connectivity index (χ1v) is 3.40. The number of hydrogen-bond donors (Lipinski definition) is 2. The van der Waals surface area contributed by atoms with E-state index in [2.05, 4.69) is 4.98 Å². The lowest BCUT2D eigenvalue weighted by molar-refractivity contribution is 0.425. The fourth-order valence-electron chi connectivity index (χ4n) is 0.927. The molecule has 66 valence electrons. The quantitative estimate of drug-likeness (QED) is 0.599. The monoisotopic (exact) mass is 187 g/mol. The first-order chi connectivity index (χ1) is 5.11. The Bertz CT molecular complexity index is 268. The summed E-state index contributed by atoms with van der Waals surface area (Å²) < 4.78 is 0. The SMILES string of the molecule is Cc1cc(B(O)O)c(C)cn1.Cl. The van der Waals surface area contributed by atoms with Gasteiger partial charge in [0.15, 0.2) is 0 Å². The molecule has 1 aromatic rings. The van der Waals surface area contributed by atoms with Crippen LogP contribution in [0.3, 0.4) is 0 Å². The molecule has 0 spiro atoms. The molecule has 1 heterocycles. The van der Waals surface area contributed by atoms with Crippen LogP contribution in [0, 0.1) is 13.8 Å². The van der Waals surface area contributed by atoms with E-state index in [0.717, 1.165) is 11.3 Å². The van der Waals surface area contributed by atoms with Gasteiger partial charge in [-0.05, 0) is 30.9 Å². The molecule has 1 aromatic heterocycles. The van der Waals surface area contributed by atoms with E-state index in [1.165, 1.54) is 0 Å². The minimum atomic E-state index is -1.39. The van der Waals surface area contributed by atoms with E-state index in [9.17, 15) is 0 Å². The number of hydrogen-bond acceptors (Lipinski definition) is 3. The predicted molar refractivity (Wildman–Crippen MR) is 50.8 cm³/mol. The molecule has 2 N–H and O–H groups in total. The van der Waals surface area contributed by atoms with Gasteiger partial charge in [0.1, 0.15) is 0 Å². The fraction of sp³-hybridized carbons (Fsp3) is 0.286. The minimum Gasteiger partial charge on any atom is -0.423 e. The molecule has 0 aromatic carbocycles. The molecular weight excluding hydrogens is 176 g/mol. The number of pyridine rings is 1. The lowest BCUT2D eigenvalue weighted by Crippen LogP contribution is -2.32. The second-order valence-corrected chi connectivity index (χ2v) is 2.56. The number of rotatable bonds is 1. The molecule has 0 radical (unpaired) electrons. The fourth-order valence-corrected chi connectivity index (χ4v) is 0.927. The van der Waals surface area contributed by atoms with Crippen LogP contribution in [0.1, 0.15) is 11.3 Å². The lowest BCUT2D eigenvalue weighted by Gasteiger charge is -2.03. The summed E-state index contributed by atoms with van der Waals surface area (Å²) in [6.07, 6.45) is 1.63. The Hall–Kier alpha value is -0.575. The average Bonchev–Trinajstić information content (AvgIpc) is 1.94. The van der Waals surface area contributed by atoms with Gasteiger partial charge < -0.3 is 10.0 Å². The Balaban J connectivity index is 0.00000121. The largest absolute Gasteiger partial charge is 0.488 e. The van der Waals surface area contributed by atoms with Crippen LogP contribution >= 0.6 is 12.4 Å². The Labute approximate surface area is 78.0 Å². The predicted octanol–water partition coefficient (Wildman–Crippen LogP) is -0.200. The molecule has 0 bridgehead atoms. The maximum Gasteiger partial charge on any atom is 0.488 e. The molecule has 0 saturated carbocycles. The van der Waals surface area contributed by atoms with Crippen molar-refractivity contribution >= 4 is 25.0 Å². The van der Waals surface area contributed by atoms with Crippen LogP contribution in [0.4, 0.5) is 0 Å². The maximum absolute atomic E-state index is 8.86. The topological polar surface area (TPSA) is 53.4 Å². The van der Waals surface area contributed by atoms with Gasteiger partial charge >= 0.3 is 7.12 Å². The van der Waals surface area contributed by atoms with Crippen molar-refractivity contribution in [1.82, 2.24) is 4.98 Å². The van der Waals surface area contributed by atoms with Gasteiger partial charge in [-0.15, -0.1) is 12.4 Å². The lowest BCUT2D eigenvalue weighted by atomic mass is 9.78. The molecule has 0 aliphatic carbocycles. The smallest absolute Gasteiger partial charge is 0.423 e. The van der Waals surface area contributed by atoms with E-state index in [4.69, 9.17) is 10.0 Å². The molecule has 0 saturated heterocycles. The molecule has 0 atom stereocenters. The molecule has 12 heavy (non-hydrogen) atoms. The standard InChI is InChI=1S/C7H10BNO2.ClH/c1-5-4-9-6(2)3-7(5)8(10)11;/h3-4,10-11H,1-2H3;1H. The second kappa shape index (κ2) is 4.45. The van der Waals surface area contributed by atoms with Crippen molar-refractivity contribution in [2.75, 3.05) is 0 Å². The second-order valence-electron chi connectivity index (χ2n) is 2.56. The summed E-state index contributed by atoms with van der Waals surface area (Å²) in [5, 5.41) is 17.7.